The van der Waals surface area contributed by atoms with Crippen molar-refractivity contribution in [3.05, 3.63) is 64.0 Å². The third-order valence-electron chi connectivity index (χ3n) is 5.85. The summed E-state index contributed by atoms with van der Waals surface area (Å²) in [5.41, 5.74) is 2.18. The van der Waals surface area contributed by atoms with Crippen LogP contribution in [0.4, 0.5) is 0 Å². The largest absolute Gasteiger partial charge is 0.508 e. The molecule has 0 saturated carbocycles. The predicted octanol–water partition coefficient (Wildman–Crippen LogP) is -0.000600. The zero-order valence-corrected chi connectivity index (χ0v) is 17.4. The van der Waals surface area contributed by atoms with Crippen molar-refractivity contribution in [1.82, 2.24) is 0 Å². The highest BCUT2D eigenvalue weighted by molar-refractivity contribution is 5.81. The van der Waals surface area contributed by atoms with Crippen LogP contribution in [0.5, 0.6) is 17.2 Å². The zero-order chi connectivity index (χ0) is 21.1. The number of phenols is 1. The van der Waals surface area contributed by atoms with E-state index in [2.05, 4.69) is 6.07 Å². The molecule has 3 N–H and O–H groups in total. The van der Waals surface area contributed by atoms with E-state index in [1.54, 1.807) is 26.4 Å². The summed E-state index contributed by atoms with van der Waals surface area (Å²) in [6, 6.07) is 12.4. The van der Waals surface area contributed by atoms with Gasteiger partial charge in [-0.3, -0.25) is 0 Å². The monoisotopic (exact) mass is 412 g/mol. The number of aromatic hydroxyl groups is 1. The Morgan fingerprint density at radius 1 is 0.900 bits per heavy atom. The summed E-state index contributed by atoms with van der Waals surface area (Å²) in [4.78, 5) is 14.9. The van der Waals surface area contributed by atoms with E-state index in [1.807, 2.05) is 18.2 Å². The molecule has 0 bridgehead atoms. The molecule has 0 amide bonds. The number of phenolic OH excluding ortho intramolecular Hbond substituents is 1. The van der Waals surface area contributed by atoms with Gasteiger partial charge in [0.15, 0.2) is 0 Å². The molecule has 1 fully saturated rings. The molecule has 1 aliphatic rings. The lowest BCUT2D eigenvalue weighted by atomic mass is 10.1. The Morgan fingerprint density at radius 3 is 2.27 bits per heavy atom. The second kappa shape index (κ2) is 8.77. The maximum atomic E-state index is 11.9. The van der Waals surface area contributed by atoms with Crippen LogP contribution in [0.3, 0.4) is 0 Å². The normalized spacial score (nSPS) is 19.0. The van der Waals surface area contributed by atoms with Crippen molar-refractivity contribution in [3.63, 3.8) is 0 Å². The van der Waals surface area contributed by atoms with Gasteiger partial charge in [-0.2, -0.15) is 0 Å². The first-order valence-corrected chi connectivity index (χ1v) is 10.2. The van der Waals surface area contributed by atoms with Crippen LogP contribution >= 0.6 is 0 Å². The van der Waals surface area contributed by atoms with E-state index in [0.29, 0.717) is 5.58 Å². The molecule has 7 nitrogen and oxygen atoms in total. The fourth-order valence-corrected chi connectivity index (χ4v) is 4.23. The molecule has 1 saturated heterocycles. The number of piperazine rings is 1. The SMILES string of the molecule is COc1ccc(OC)c(C[NH+]2CC[NH+](Cc3cc(=O)oc4cc(O)ccc34)CC2)c1. The average molecular weight is 412 g/mol. The minimum absolute atomic E-state index is 0.0975. The highest BCUT2D eigenvalue weighted by atomic mass is 16.5. The first-order chi connectivity index (χ1) is 14.6. The number of quaternary nitrogens is 2. The molecular formula is C23H28N2O5+2. The molecule has 0 radical (unpaired) electrons. The molecule has 30 heavy (non-hydrogen) atoms. The summed E-state index contributed by atoms with van der Waals surface area (Å²) in [6.07, 6.45) is 0. The lowest BCUT2D eigenvalue weighted by Crippen LogP contribution is -3.27. The van der Waals surface area contributed by atoms with Crippen LogP contribution < -0.4 is 24.9 Å². The van der Waals surface area contributed by atoms with Crippen molar-refractivity contribution < 1.29 is 28.8 Å². The van der Waals surface area contributed by atoms with Crippen LogP contribution in [-0.2, 0) is 13.1 Å². The Kier molecular flexibility index (Phi) is 5.92. The second-order valence-electron chi connectivity index (χ2n) is 7.80. The highest BCUT2D eigenvalue weighted by Crippen LogP contribution is 2.23. The van der Waals surface area contributed by atoms with Crippen molar-refractivity contribution in [3.8, 4) is 17.2 Å². The predicted molar refractivity (Wildman–Crippen MR) is 112 cm³/mol. The average Bonchev–Trinajstić information content (AvgIpc) is 2.74. The molecule has 0 spiro atoms. The summed E-state index contributed by atoms with van der Waals surface area (Å²) < 4.78 is 16.1. The molecule has 158 valence electrons. The highest BCUT2D eigenvalue weighted by Gasteiger charge is 2.25. The van der Waals surface area contributed by atoms with Crippen LogP contribution in [0.25, 0.3) is 11.0 Å². The molecule has 4 rings (SSSR count). The van der Waals surface area contributed by atoms with Gasteiger partial charge in [-0.15, -0.1) is 0 Å². The Hall–Kier alpha value is -3.03. The van der Waals surface area contributed by atoms with E-state index in [1.165, 1.54) is 15.9 Å². The van der Waals surface area contributed by atoms with Gasteiger partial charge in [0, 0.05) is 23.1 Å². The van der Waals surface area contributed by atoms with E-state index in [0.717, 1.165) is 67.3 Å². The first kappa shape index (κ1) is 20.3. The molecule has 2 heterocycles. The maximum Gasteiger partial charge on any atom is 0.336 e. The van der Waals surface area contributed by atoms with Gasteiger partial charge in [-0.25, -0.2) is 4.79 Å². The molecule has 0 atom stereocenters. The quantitative estimate of drug-likeness (QED) is 0.497. The van der Waals surface area contributed by atoms with E-state index in [-0.39, 0.29) is 11.4 Å². The summed E-state index contributed by atoms with van der Waals surface area (Å²) in [6.45, 7) is 5.77. The Morgan fingerprint density at radius 2 is 1.60 bits per heavy atom. The van der Waals surface area contributed by atoms with Gasteiger partial charge >= 0.3 is 5.63 Å². The second-order valence-corrected chi connectivity index (χ2v) is 7.80. The number of nitrogens with one attached hydrogen (secondary N) is 2. The van der Waals surface area contributed by atoms with Gasteiger partial charge in [0.2, 0.25) is 0 Å². The summed E-state index contributed by atoms with van der Waals surface area (Å²) in [5, 5.41) is 10.6. The number of hydrogen-bond donors (Lipinski definition) is 3. The van der Waals surface area contributed by atoms with Crippen molar-refractivity contribution in [2.24, 2.45) is 0 Å². The van der Waals surface area contributed by atoms with Crippen molar-refractivity contribution >= 4 is 11.0 Å². The Balaban J connectivity index is 1.42. The van der Waals surface area contributed by atoms with E-state index >= 15 is 0 Å². The minimum atomic E-state index is -0.378. The van der Waals surface area contributed by atoms with Crippen LogP contribution in [0.2, 0.25) is 0 Å². The fourth-order valence-electron chi connectivity index (χ4n) is 4.23. The summed E-state index contributed by atoms with van der Waals surface area (Å²) >= 11 is 0. The van der Waals surface area contributed by atoms with Crippen LogP contribution in [0.1, 0.15) is 11.1 Å². The molecule has 1 aromatic heterocycles. The summed E-state index contributed by atoms with van der Waals surface area (Å²) in [7, 11) is 3.37. The molecule has 1 aliphatic heterocycles. The lowest BCUT2D eigenvalue weighted by molar-refractivity contribution is -1.02. The number of methoxy groups -OCH3 is 2. The number of benzene rings is 2. The molecule has 0 aliphatic carbocycles. The van der Waals surface area contributed by atoms with E-state index < -0.39 is 0 Å². The van der Waals surface area contributed by atoms with Crippen LogP contribution in [0, 0.1) is 0 Å². The standard InChI is InChI=1S/C23H26N2O5/c1-28-19-4-6-21(29-2)17(11-19)15-25-9-7-24(8-10-25)14-16-12-23(27)30-22-13-18(26)3-5-20(16)22/h3-6,11-13,26H,7-10,14-15H2,1-2H3/p+2. The zero-order valence-electron chi connectivity index (χ0n) is 17.4. The molecular weight excluding hydrogens is 384 g/mol. The summed E-state index contributed by atoms with van der Waals surface area (Å²) in [5.74, 6) is 1.83. The Bertz CT molecular complexity index is 1090. The van der Waals surface area contributed by atoms with E-state index in [9.17, 15) is 9.90 Å². The molecule has 0 unspecified atom stereocenters. The lowest BCUT2D eigenvalue weighted by Gasteiger charge is -2.30. The smallest absolute Gasteiger partial charge is 0.336 e. The number of ether oxygens (including phenoxy) is 2. The van der Waals surface area contributed by atoms with Crippen molar-refractivity contribution in [1.29, 1.82) is 0 Å². The van der Waals surface area contributed by atoms with Gasteiger partial charge < -0.3 is 28.8 Å². The van der Waals surface area contributed by atoms with Gasteiger partial charge in [0.05, 0.1) is 19.8 Å². The number of rotatable bonds is 6. The minimum Gasteiger partial charge on any atom is -0.508 e. The number of hydrogen-bond acceptors (Lipinski definition) is 5. The molecule has 2 aromatic carbocycles. The topological polar surface area (TPSA) is 77.8 Å². The maximum absolute atomic E-state index is 11.9. The Labute approximate surface area is 175 Å². The van der Waals surface area contributed by atoms with Gasteiger partial charge in [0.25, 0.3) is 0 Å². The third kappa shape index (κ3) is 4.42. The van der Waals surface area contributed by atoms with Gasteiger partial charge in [-0.1, -0.05) is 0 Å². The van der Waals surface area contributed by atoms with Gasteiger partial charge in [0.1, 0.15) is 62.1 Å². The van der Waals surface area contributed by atoms with Gasteiger partial charge in [-0.05, 0) is 30.3 Å². The molecule has 3 aromatic rings. The first-order valence-electron chi connectivity index (χ1n) is 10.2. The molecule has 7 heteroatoms. The van der Waals surface area contributed by atoms with Crippen molar-refractivity contribution in [2.45, 2.75) is 13.1 Å². The van der Waals surface area contributed by atoms with Crippen LogP contribution in [0.15, 0.2) is 51.7 Å². The third-order valence-corrected chi connectivity index (χ3v) is 5.85. The van der Waals surface area contributed by atoms with Crippen LogP contribution in [-0.4, -0.2) is 45.5 Å². The van der Waals surface area contributed by atoms with E-state index in [4.69, 9.17) is 13.9 Å². The fraction of sp³-hybridized carbons (Fsp3) is 0.348. The van der Waals surface area contributed by atoms with Crippen molar-refractivity contribution in [2.75, 3.05) is 40.4 Å². The number of fused-ring (bicyclic) bond motifs is 1.